The molecule has 0 saturated carbocycles. The minimum Gasteiger partial charge on any atom is -0.491 e. The average molecular weight is 417 g/mol. The molecule has 1 aliphatic rings. The summed E-state index contributed by atoms with van der Waals surface area (Å²) in [5.74, 6) is 0.786. The van der Waals surface area contributed by atoms with Crippen molar-refractivity contribution in [1.82, 2.24) is 10.2 Å². The Bertz CT molecular complexity index is 902. The number of nitrogens with one attached hydrogen (secondary N) is 1. The predicted octanol–water partition coefficient (Wildman–Crippen LogP) is 4.48. The van der Waals surface area contributed by atoms with Crippen molar-refractivity contribution in [2.45, 2.75) is 32.0 Å². The highest BCUT2D eigenvalue weighted by molar-refractivity contribution is 5.64. The van der Waals surface area contributed by atoms with Crippen LogP contribution in [0.4, 0.5) is 0 Å². The molecular formula is C27H32N2O2. The summed E-state index contributed by atoms with van der Waals surface area (Å²) < 4.78 is 5.43. The van der Waals surface area contributed by atoms with Crippen LogP contribution < -0.4 is 10.1 Å². The molecule has 1 saturated heterocycles. The van der Waals surface area contributed by atoms with E-state index in [2.05, 4.69) is 76.9 Å². The molecule has 1 aliphatic heterocycles. The molecule has 0 atom stereocenters. The fraction of sp³-hybridized carbons (Fsp3) is 0.333. The van der Waals surface area contributed by atoms with Crippen molar-refractivity contribution in [3.05, 3.63) is 90.0 Å². The van der Waals surface area contributed by atoms with Gasteiger partial charge in [-0.2, -0.15) is 0 Å². The second-order valence-corrected chi connectivity index (χ2v) is 8.21. The van der Waals surface area contributed by atoms with E-state index in [-0.39, 0.29) is 6.61 Å². The Morgan fingerprint density at radius 1 is 0.806 bits per heavy atom. The lowest BCUT2D eigenvalue weighted by atomic mass is 10.0. The summed E-state index contributed by atoms with van der Waals surface area (Å²) in [6, 6.07) is 28.2. The van der Waals surface area contributed by atoms with Crippen molar-refractivity contribution >= 4 is 0 Å². The van der Waals surface area contributed by atoms with E-state index < -0.39 is 0 Å². The van der Waals surface area contributed by atoms with E-state index in [1.807, 2.05) is 12.1 Å². The highest BCUT2D eigenvalue weighted by atomic mass is 16.5. The van der Waals surface area contributed by atoms with Gasteiger partial charge in [0.15, 0.2) is 0 Å². The Hall–Kier alpha value is -2.66. The molecule has 0 spiro atoms. The Balaban J connectivity index is 1.22. The zero-order chi connectivity index (χ0) is 21.3. The zero-order valence-corrected chi connectivity index (χ0v) is 18.0. The first kappa shape index (κ1) is 21.6. The third-order valence-electron chi connectivity index (χ3n) is 5.93. The zero-order valence-electron chi connectivity index (χ0n) is 18.0. The maximum atomic E-state index is 8.85. The first-order valence-corrected chi connectivity index (χ1v) is 11.2. The third-order valence-corrected chi connectivity index (χ3v) is 5.93. The molecule has 0 unspecified atom stereocenters. The van der Waals surface area contributed by atoms with E-state index in [0.717, 1.165) is 31.9 Å². The molecule has 4 heteroatoms. The van der Waals surface area contributed by atoms with Crippen molar-refractivity contribution in [2.24, 2.45) is 0 Å². The average Bonchev–Trinajstić information content (AvgIpc) is 2.84. The van der Waals surface area contributed by atoms with Crippen LogP contribution in [0.5, 0.6) is 5.75 Å². The normalized spacial score (nSPS) is 15.1. The van der Waals surface area contributed by atoms with E-state index in [9.17, 15) is 0 Å². The van der Waals surface area contributed by atoms with Gasteiger partial charge in [-0.05, 0) is 60.3 Å². The molecule has 4 nitrogen and oxygen atoms in total. The summed E-state index contributed by atoms with van der Waals surface area (Å²) in [5, 5.41) is 12.6. The van der Waals surface area contributed by atoms with Crippen molar-refractivity contribution in [1.29, 1.82) is 0 Å². The van der Waals surface area contributed by atoms with Crippen LogP contribution in [0.2, 0.25) is 0 Å². The Kier molecular flexibility index (Phi) is 7.72. The molecule has 0 aliphatic carbocycles. The number of hydrogen-bond acceptors (Lipinski definition) is 4. The first-order chi connectivity index (χ1) is 15.3. The topological polar surface area (TPSA) is 44.7 Å². The van der Waals surface area contributed by atoms with Gasteiger partial charge in [-0.15, -0.1) is 0 Å². The number of ether oxygens (including phenoxy) is 1. The Morgan fingerprint density at radius 3 is 2.10 bits per heavy atom. The van der Waals surface area contributed by atoms with Crippen LogP contribution in [0, 0.1) is 0 Å². The number of benzene rings is 3. The van der Waals surface area contributed by atoms with Crippen LogP contribution >= 0.6 is 0 Å². The second-order valence-electron chi connectivity index (χ2n) is 8.21. The summed E-state index contributed by atoms with van der Waals surface area (Å²) in [5.41, 5.74) is 5.09. The van der Waals surface area contributed by atoms with E-state index in [4.69, 9.17) is 9.84 Å². The van der Waals surface area contributed by atoms with Gasteiger partial charge in [-0.3, -0.25) is 4.90 Å². The number of piperidine rings is 1. The SMILES string of the molecule is OCCOc1ccc(-c2ccc(CNC3CCN(Cc4ccccc4)CC3)cc2)cc1. The standard InChI is InChI=1S/C27H32N2O2/c30-18-19-31-27-12-10-25(11-13-27)24-8-6-22(7-9-24)20-28-26-14-16-29(17-15-26)21-23-4-2-1-3-5-23/h1-13,26,28,30H,14-21H2. The molecule has 4 rings (SSSR count). The molecule has 31 heavy (non-hydrogen) atoms. The number of likely N-dealkylation sites (tertiary alicyclic amines) is 1. The van der Waals surface area contributed by atoms with E-state index >= 15 is 0 Å². The van der Waals surface area contributed by atoms with E-state index in [0.29, 0.717) is 12.6 Å². The van der Waals surface area contributed by atoms with Gasteiger partial charge in [0.05, 0.1) is 6.61 Å². The van der Waals surface area contributed by atoms with Crippen molar-refractivity contribution in [3.63, 3.8) is 0 Å². The van der Waals surface area contributed by atoms with Gasteiger partial charge < -0.3 is 15.2 Å². The smallest absolute Gasteiger partial charge is 0.119 e. The third kappa shape index (κ3) is 6.41. The number of aliphatic hydroxyl groups is 1. The van der Waals surface area contributed by atoms with Gasteiger partial charge in [-0.1, -0.05) is 66.7 Å². The molecule has 1 heterocycles. The van der Waals surface area contributed by atoms with Crippen molar-refractivity contribution < 1.29 is 9.84 Å². The lowest BCUT2D eigenvalue weighted by Crippen LogP contribution is -2.41. The van der Waals surface area contributed by atoms with Crippen LogP contribution in [0.15, 0.2) is 78.9 Å². The highest BCUT2D eigenvalue weighted by Gasteiger charge is 2.18. The van der Waals surface area contributed by atoms with Crippen LogP contribution in [0.1, 0.15) is 24.0 Å². The lowest BCUT2D eigenvalue weighted by molar-refractivity contribution is 0.190. The van der Waals surface area contributed by atoms with Crippen molar-refractivity contribution in [3.8, 4) is 16.9 Å². The van der Waals surface area contributed by atoms with Gasteiger partial charge in [-0.25, -0.2) is 0 Å². The summed E-state index contributed by atoms with van der Waals surface area (Å²) in [7, 11) is 0. The molecular weight excluding hydrogens is 384 g/mol. The van der Waals surface area contributed by atoms with Gasteiger partial charge in [0.2, 0.25) is 0 Å². The van der Waals surface area contributed by atoms with Crippen LogP contribution in [-0.2, 0) is 13.1 Å². The Labute approximate surface area is 185 Å². The number of aliphatic hydroxyl groups excluding tert-OH is 1. The minimum atomic E-state index is 0.0318. The van der Waals surface area contributed by atoms with Crippen molar-refractivity contribution in [2.75, 3.05) is 26.3 Å². The predicted molar refractivity (Wildman–Crippen MR) is 126 cm³/mol. The number of hydrogen-bond donors (Lipinski definition) is 2. The molecule has 162 valence electrons. The molecule has 0 amide bonds. The maximum absolute atomic E-state index is 8.85. The molecule has 1 fully saturated rings. The monoisotopic (exact) mass is 416 g/mol. The number of nitrogens with zero attached hydrogens (tertiary/aromatic N) is 1. The molecule has 0 bridgehead atoms. The molecule has 3 aromatic carbocycles. The fourth-order valence-corrected chi connectivity index (χ4v) is 4.12. The van der Waals surface area contributed by atoms with Gasteiger partial charge in [0, 0.05) is 19.1 Å². The van der Waals surface area contributed by atoms with Gasteiger partial charge in [0.25, 0.3) is 0 Å². The second kappa shape index (κ2) is 11.1. The van der Waals surface area contributed by atoms with Gasteiger partial charge in [0.1, 0.15) is 12.4 Å². The summed E-state index contributed by atoms with van der Waals surface area (Å²) in [6.07, 6.45) is 2.41. The first-order valence-electron chi connectivity index (χ1n) is 11.2. The van der Waals surface area contributed by atoms with Crippen LogP contribution in [0.25, 0.3) is 11.1 Å². The quantitative estimate of drug-likeness (QED) is 0.540. The summed E-state index contributed by atoms with van der Waals surface area (Å²) in [4.78, 5) is 2.56. The molecule has 3 aromatic rings. The maximum Gasteiger partial charge on any atom is 0.119 e. The largest absolute Gasteiger partial charge is 0.491 e. The minimum absolute atomic E-state index is 0.0318. The molecule has 0 aromatic heterocycles. The number of rotatable bonds is 9. The van der Waals surface area contributed by atoms with Gasteiger partial charge >= 0.3 is 0 Å². The van der Waals surface area contributed by atoms with Crippen LogP contribution in [-0.4, -0.2) is 42.4 Å². The van der Waals surface area contributed by atoms with Crippen LogP contribution in [0.3, 0.4) is 0 Å². The summed E-state index contributed by atoms with van der Waals surface area (Å²) >= 11 is 0. The van der Waals surface area contributed by atoms with E-state index in [1.165, 1.54) is 35.1 Å². The lowest BCUT2D eigenvalue weighted by Gasteiger charge is -2.32. The Morgan fingerprint density at radius 2 is 1.45 bits per heavy atom. The summed E-state index contributed by atoms with van der Waals surface area (Å²) in [6.45, 7) is 4.64. The highest BCUT2D eigenvalue weighted by Crippen LogP contribution is 2.23. The fourth-order valence-electron chi connectivity index (χ4n) is 4.12. The molecule has 0 radical (unpaired) electrons. The van der Waals surface area contributed by atoms with E-state index in [1.54, 1.807) is 0 Å². The molecule has 2 N–H and O–H groups in total.